The summed E-state index contributed by atoms with van der Waals surface area (Å²) in [4.78, 5) is 13.3. The summed E-state index contributed by atoms with van der Waals surface area (Å²) < 4.78 is 12.0. The van der Waals surface area contributed by atoms with Crippen molar-refractivity contribution in [1.29, 1.82) is 0 Å². The summed E-state index contributed by atoms with van der Waals surface area (Å²) in [5.74, 6) is -0.166. The molecule has 120 valence electrons. The van der Waals surface area contributed by atoms with Crippen molar-refractivity contribution in [2.24, 2.45) is 4.40 Å². The third-order valence-electron chi connectivity index (χ3n) is 2.83. The Morgan fingerprint density at radius 3 is 2.91 bits per heavy atom. The molecule has 1 amide bonds. The van der Waals surface area contributed by atoms with Gasteiger partial charge >= 0.3 is 0 Å². The zero-order valence-corrected chi connectivity index (χ0v) is 15.2. The number of allylic oxidation sites excluding steroid dienone is 4. The molecule has 10 heteroatoms. The van der Waals surface area contributed by atoms with Crippen LogP contribution in [0.25, 0.3) is 0 Å². The number of aryl methyl sites for hydroxylation is 1. The van der Waals surface area contributed by atoms with Crippen LogP contribution in [-0.4, -0.2) is 15.4 Å². The first-order chi connectivity index (χ1) is 11.2. The highest BCUT2D eigenvalue weighted by molar-refractivity contribution is 8.21. The molecule has 1 aliphatic heterocycles. The van der Waals surface area contributed by atoms with Crippen molar-refractivity contribution in [3.05, 3.63) is 58.5 Å². The van der Waals surface area contributed by atoms with Crippen LogP contribution >= 0.6 is 48.3 Å². The maximum absolute atomic E-state index is 12.4. The third-order valence-corrected chi connectivity index (χ3v) is 5.88. The van der Waals surface area contributed by atoms with Gasteiger partial charge in [-0.15, -0.1) is 0 Å². The zero-order chi connectivity index (χ0) is 16.1. The summed E-state index contributed by atoms with van der Waals surface area (Å²) in [6, 6.07) is 7.46. The van der Waals surface area contributed by atoms with Crippen LogP contribution in [0.2, 0.25) is 0 Å². The monoisotopic (exact) mass is 383 g/mol. The predicted molar refractivity (Wildman–Crippen MR) is 102 cm³/mol. The Bertz CT molecular complexity index is 673. The fraction of sp³-hybridized carbons (Fsp3) is 0.0769. The number of hydrogen-bond acceptors (Lipinski definition) is 9. The fourth-order valence-corrected chi connectivity index (χ4v) is 4.63. The highest BCUT2D eigenvalue weighted by Gasteiger charge is 2.19. The minimum atomic E-state index is -0.166. The Morgan fingerprint density at radius 2 is 2.09 bits per heavy atom. The summed E-state index contributed by atoms with van der Waals surface area (Å²) in [7, 11) is 0. The van der Waals surface area contributed by atoms with Crippen LogP contribution in [0.3, 0.4) is 0 Å². The smallest absolute Gasteiger partial charge is 0.267 e. The molecule has 6 nitrogen and oxygen atoms in total. The van der Waals surface area contributed by atoms with E-state index in [0.717, 1.165) is 16.2 Å². The summed E-state index contributed by atoms with van der Waals surface area (Å²) >= 11 is 5.21. The maximum Gasteiger partial charge on any atom is 0.267 e. The Hall–Kier alpha value is -0.880. The van der Waals surface area contributed by atoms with E-state index in [-0.39, 0.29) is 5.91 Å². The van der Waals surface area contributed by atoms with Crippen molar-refractivity contribution in [2.45, 2.75) is 6.92 Å². The zero-order valence-electron chi connectivity index (χ0n) is 12.0. The van der Waals surface area contributed by atoms with Crippen molar-refractivity contribution >= 4 is 60.0 Å². The number of nitrogens with one attached hydrogen (secondary N) is 3. The number of nitrogens with zero attached hydrogens (tertiary/aromatic N) is 2. The molecule has 2 aliphatic rings. The molecule has 1 aromatic rings. The molecule has 0 saturated carbocycles. The number of carbonyl (C=O) groups is 1. The molecule has 0 fully saturated rings. The van der Waals surface area contributed by atoms with Crippen LogP contribution in [0.4, 0.5) is 0 Å². The van der Waals surface area contributed by atoms with E-state index in [1.807, 2.05) is 49.4 Å². The second kappa shape index (κ2) is 8.29. The molecule has 0 saturated heterocycles. The summed E-state index contributed by atoms with van der Waals surface area (Å²) in [6.07, 6.45) is 5.83. The first-order valence-corrected chi connectivity index (χ1v) is 9.67. The quantitative estimate of drug-likeness (QED) is 0.672. The molecule has 3 rings (SSSR count). The number of rotatable bonds is 2. The largest absolute Gasteiger partial charge is 0.268 e. The fourth-order valence-electron chi connectivity index (χ4n) is 1.71. The average molecular weight is 384 g/mol. The van der Waals surface area contributed by atoms with E-state index in [1.54, 1.807) is 3.82 Å². The normalized spacial score (nSPS) is 21.1. The van der Waals surface area contributed by atoms with Gasteiger partial charge in [-0.2, -0.15) is 12.7 Å². The highest BCUT2D eigenvalue weighted by atomic mass is 32.3. The number of benzene rings is 1. The Kier molecular flexibility index (Phi) is 6.11. The van der Waals surface area contributed by atoms with Gasteiger partial charge in [-0.1, -0.05) is 27.6 Å². The van der Waals surface area contributed by atoms with E-state index >= 15 is 0 Å². The van der Waals surface area contributed by atoms with Crippen molar-refractivity contribution in [2.75, 3.05) is 0 Å². The lowest BCUT2D eigenvalue weighted by molar-refractivity contribution is 0.0923. The minimum absolute atomic E-state index is 0.166. The van der Waals surface area contributed by atoms with E-state index in [1.165, 1.54) is 48.3 Å². The molecule has 1 aliphatic carbocycles. The lowest BCUT2D eigenvalue weighted by Crippen LogP contribution is -2.34. The van der Waals surface area contributed by atoms with Gasteiger partial charge in [-0.3, -0.25) is 10.2 Å². The first kappa shape index (κ1) is 17.0. The van der Waals surface area contributed by atoms with Crippen molar-refractivity contribution in [3.63, 3.8) is 0 Å². The summed E-state index contributed by atoms with van der Waals surface area (Å²) in [6.45, 7) is 1.99. The number of hydrogen-bond donors (Lipinski definition) is 3. The maximum atomic E-state index is 12.4. The summed E-state index contributed by atoms with van der Waals surface area (Å²) in [5, 5.41) is 0. The molecule has 0 radical (unpaired) electrons. The van der Waals surface area contributed by atoms with Gasteiger partial charge in [0.2, 0.25) is 0 Å². The van der Waals surface area contributed by atoms with Crippen LogP contribution in [0.15, 0.2) is 51.8 Å². The number of hydrazine groups is 1. The number of amides is 1. The first-order valence-electron chi connectivity index (χ1n) is 6.54. The van der Waals surface area contributed by atoms with Crippen LogP contribution in [0, 0.1) is 6.92 Å². The molecule has 0 bridgehead atoms. The van der Waals surface area contributed by atoms with E-state index in [0.29, 0.717) is 5.56 Å². The van der Waals surface area contributed by atoms with Gasteiger partial charge in [0, 0.05) is 17.7 Å². The molecule has 3 N–H and O–H groups in total. The van der Waals surface area contributed by atoms with Gasteiger partial charge in [0.1, 0.15) is 0 Å². The Labute approximate surface area is 151 Å². The molecule has 23 heavy (non-hydrogen) atoms. The number of carbonyl (C=O) groups excluding carboxylic acids is 1. The molecule has 0 atom stereocenters. The van der Waals surface area contributed by atoms with Crippen molar-refractivity contribution in [1.82, 2.24) is 17.5 Å². The van der Waals surface area contributed by atoms with Gasteiger partial charge in [0.15, 0.2) is 0 Å². The van der Waals surface area contributed by atoms with Crippen LogP contribution in [0.1, 0.15) is 15.9 Å². The van der Waals surface area contributed by atoms with E-state index in [4.69, 9.17) is 0 Å². The predicted octanol–water partition coefficient (Wildman–Crippen LogP) is 3.37. The van der Waals surface area contributed by atoms with E-state index in [9.17, 15) is 4.79 Å². The van der Waals surface area contributed by atoms with Gasteiger partial charge in [-0.25, -0.2) is 0 Å². The van der Waals surface area contributed by atoms with Crippen LogP contribution < -0.4 is 13.7 Å². The summed E-state index contributed by atoms with van der Waals surface area (Å²) in [5.41, 5.74) is 5.47. The molecular weight excluding hydrogens is 370 g/mol. The standard InChI is InChI=1S/C13H13N5OS4/c1-9-5-7-10(8-6-9)13(19)14-18-20-12-4-2-3-11(12)15-21-16-22-17-23-18/h2-8,16-17H,1H3,(H,14,19)/b15-11-. The second-order valence-electron chi connectivity index (χ2n) is 4.47. The molecule has 1 aromatic carbocycles. The molecular formula is C13H13N5OS4. The minimum Gasteiger partial charge on any atom is -0.268 e. The Balaban J connectivity index is 1.69. The SMILES string of the molecule is Cc1ccc(C(=O)NN2SNSNS/N=C3/C=CC=C3S2)cc1. The average Bonchev–Trinajstić information content (AvgIpc) is 2.99. The van der Waals surface area contributed by atoms with Gasteiger partial charge < -0.3 is 0 Å². The lowest BCUT2D eigenvalue weighted by Gasteiger charge is -2.21. The van der Waals surface area contributed by atoms with Crippen molar-refractivity contribution < 1.29 is 4.79 Å². The molecule has 0 aromatic heterocycles. The van der Waals surface area contributed by atoms with Crippen LogP contribution in [-0.2, 0) is 0 Å². The topological polar surface area (TPSA) is 68.8 Å². The Morgan fingerprint density at radius 1 is 1.26 bits per heavy atom. The number of fused-ring (bicyclic) bond motifs is 1. The van der Waals surface area contributed by atoms with Gasteiger partial charge in [0.25, 0.3) is 5.91 Å². The van der Waals surface area contributed by atoms with Gasteiger partial charge in [-0.05, 0) is 43.2 Å². The molecule has 0 spiro atoms. The molecule has 1 heterocycles. The van der Waals surface area contributed by atoms with E-state index < -0.39 is 0 Å². The van der Waals surface area contributed by atoms with E-state index in [2.05, 4.69) is 18.1 Å². The second-order valence-corrected chi connectivity index (χ2v) is 8.14. The van der Waals surface area contributed by atoms with Crippen molar-refractivity contribution in [3.8, 4) is 0 Å². The molecule has 0 unspecified atom stereocenters. The lowest BCUT2D eigenvalue weighted by atomic mass is 10.1. The van der Waals surface area contributed by atoms with Crippen LogP contribution in [0.5, 0.6) is 0 Å². The van der Waals surface area contributed by atoms with Gasteiger partial charge in [0.05, 0.1) is 34.9 Å². The highest BCUT2D eigenvalue weighted by Crippen LogP contribution is 2.31. The third kappa shape index (κ3) is 4.80.